The van der Waals surface area contributed by atoms with E-state index < -0.39 is 5.97 Å². The van der Waals surface area contributed by atoms with Crippen LogP contribution < -0.4 is 0 Å². The molecule has 0 saturated carbocycles. The molecule has 0 heterocycles. The smallest absolute Gasteiger partial charge is 0.303 e. The number of unbranched alkanes of at least 4 members (excludes halogenated alkanes) is 7. The molecule has 0 rings (SSSR count). The van der Waals surface area contributed by atoms with Crippen LogP contribution in [0.25, 0.3) is 0 Å². The maximum atomic E-state index is 10.4. The van der Waals surface area contributed by atoms with Crippen LogP contribution in [0.1, 0.15) is 90.4 Å². The number of hydrogen-bond donors (Lipinski definition) is 1. The van der Waals surface area contributed by atoms with Gasteiger partial charge in [-0.1, -0.05) is 81.2 Å². The minimum absolute atomic E-state index is 0.310. The summed E-state index contributed by atoms with van der Waals surface area (Å²) in [6, 6.07) is 0. The van der Waals surface area contributed by atoms with Gasteiger partial charge in [-0.05, 0) is 51.4 Å². The number of carbonyl (C=O) groups is 1. The van der Waals surface area contributed by atoms with Gasteiger partial charge in [0.15, 0.2) is 0 Å². The summed E-state index contributed by atoms with van der Waals surface area (Å²) >= 11 is 0. The van der Waals surface area contributed by atoms with Gasteiger partial charge in [-0.2, -0.15) is 0 Å². The van der Waals surface area contributed by atoms with E-state index in [2.05, 4.69) is 55.5 Å². The molecule has 0 saturated heterocycles. The van der Waals surface area contributed by atoms with Crippen LogP contribution in [0.3, 0.4) is 0 Å². The summed E-state index contributed by atoms with van der Waals surface area (Å²) in [5.74, 6) is -0.680. The second kappa shape index (κ2) is 20.5. The lowest BCUT2D eigenvalue weighted by molar-refractivity contribution is -0.137. The third-order valence-electron chi connectivity index (χ3n) is 3.97. The molecule has 0 atom stereocenters. The SMILES string of the molecule is CCCCC/C=C\C/C=C\C/C=C\C/C=C\CCCCCCC(=O)O. The average Bonchev–Trinajstić information content (AvgIpc) is 2.60. The molecule has 0 aliphatic rings. The Labute approximate surface area is 155 Å². The van der Waals surface area contributed by atoms with Gasteiger partial charge < -0.3 is 5.11 Å². The third kappa shape index (κ3) is 22.4. The molecule has 142 valence electrons. The molecular formula is C23H38O2. The fourth-order valence-electron chi connectivity index (χ4n) is 2.45. The standard InChI is InChI=1S/C23H38O2/c1-2-3-4-5-6-7-8-9-10-11-12-13-14-15-16-17-18-19-20-21-22-23(24)25/h6-7,9-10,12-13,15-16H,2-5,8,11,14,17-22H2,1H3,(H,24,25)/b7-6-,10-9-,13-12-,16-15-. The zero-order chi connectivity index (χ0) is 18.4. The molecule has 2 heteroatoms. The molecule has 0 amide bonds. The lowest BCUT2D eigenvalue weighted by Gasteiger charge is -1.96. The van der Waals surface area contributed by atoms with Crippen molar-refractivity contribution >= 4 is 5.97 Å². The monoisotopic (exact) mass is 346 g/mol. The number of aliphatic carboxylic acids is 1. The molecule has 0 bridgehead atoms. The van der Waals surface area contributed by atoms with Gasteiger partial charge >= 0.3 is 5.97 Å². The van der Waals surface area contributed by atoms with Crippen molar-refractivity contribution in [3.63, 3.8) is 0 Å². The van der Waals surface area contributed by atoms with Crippen molar-refractivity contribution in [3.8, 4) is 0 Å². The van der Waals surface area contributed by atoms with Crippen molar-refractivity contribution in [2.24, 2.45) is 0 Å². The minimum Gasteiger partial charge on any atom is -0.481 e. The van der Waals surface area contributed by atoms with Crippen molar-refractivity contribution < 1.29 is 9.90 Å². The van der Waals surface area contributed by atoms with Crippen LogP contribution in [0.15, 0.2) is 48.6 Å². The highest BCUT2D eigenvalue weighted by Crippen LogP contribution is 2.06. The quantitative estimate of drug-likeness (QED) is 0.220. The average molecular weight is 347 g/mol. The van der Waals surface area contributed by atoms with Crippen LogP contribution in [0, 0.1) is 0 Å². The lowest BCUT2D eigenvalue weighted by atomic mass is 10.1. The number of carboxylic acids is 1. The second-order valence-corrected chi connectivity index (χ2v) is 6.44. The summed E-state index contributed by atoms with van der Waals surface area (Å²) in [7, 11) is 0. The van der Waals surface area contributed by atoms with Crippen molar-refractivity contribution in [1.82, 2.24) is 0 Å². The van der Waals surface area contributed by atoms with Crippen molar-refractivity contribution in [1.29, 1.82) is 0 Å². The fraction of sp³-hybridized carbons (Fsp3) is 0.609. The van der Waals surface area contributed by atoms with Gasteiger partial charge in [0.05, 0.1) is 0 Å². The van der Waals surface area contributed by atoms with E-state index in [1.54, 1.807) is 0 Å². The molecule has 1 N–H and O–H groups in total. The Balaban J connectivity index is 3.36. The molecular weight excluding hydrogens is 308 g/mol. The van der Waals surface area contributed by atoms with Gasteiger partial charge in [0.2, 0.25) is 0 Å². The van der Waals surface area contributed by atoms with Crippen LogP contribution in [0.5, 0.6) is 0 Å². The summed E-state index contributed by atoms with van der Waals surface area (Å²) in [5.41, 5.74) is 0. The van der Waals surface area contributed by atoms with Crippen LogP contribution in [-0.4, -0.2) is 11.1 Å². The van der Waals surface area contributed by atoms with E-state index in [9.17, 15) is 4.79 Å². The third-order valence-corrected chi connectivity index (χ3v) is 3.97. The number of carboxylic acid groups (broad SMARTS) is 1. The van der Waals surface area contributed by atoms with Crippen molar-refractivity contribution in [3.05, 3.63) is 48.6 Å². The van der Waals surface area contributed by atoms with E-state index in [0.29, 0.717) is 6.42 Å². The fourth-order valence-corrected chi connectivity index (χ4v) is 2.45. The molecule has 0 aromatic heterocycles. The molecule has 0 aromatic carbocycles. The normalized spacial score (nSPS) is 12.4. The molecule has 0 aliphatic heterocycles. The summed E-state index contributed by atoms with van der Waals surface area (Å²) in [6.07, 6.45) is 31.7. The topological polar surface area (TPSA) is 37.3 Å². The Bertz CT molecular complexity index is 402. The summed E-state index contributed by atoms with van der Waals surface area (Å²) < 4.78 is 0. The first-order valence-electron chi connectivity index (χ1n) is 10.1. The van der Waals surface area contributed by atoms with E-state index in [0.717, 1.165) is 51.4 Å². The van der Waals surface area contributed by atoms with Crippen LogP contribution in [-0.2, 0) is 4.79 Å². The molecule has 0 aliphatic carbocycles. The lowest BCUT2D eigenvalue weighted by Crippen LogP contribution is -1.93. The maximum absolute atomic E-state index is 10.4. The van der Waals surface area contributed by atoms with Crippen molar-refractivity contribution in [2.45, 2.75) is 90.4 Å². The molecule has 0 fully saturated rings. The predicted octanol–water partition coefficient (Wildman–Crippen LogP) is 7.39. The summed E-state index contributed by atoms with van der Waals surface area (Å²) in [5, 5.41) is 8.54. The first-order chi connectivity index (χ1) is 12.3. The van der Waals surface area contributed by atoms with Crippen LogP contribution in [0.4, 0.5) is 0 Å². The second-order valence-electron chi connectivity index (χ2n) is 6.44. The van der Waals surface area contributed by atoms with E-state index in [1.807, 2.05) is 0 Å². The van der Waals surface area contributed by atoms with E-state index in [1.165, 1.54) is 25.7 Å². The molecule has 25 heavy (non-hydrogen) atoms. The van der Waals surface area contributed by atoms with Crippen molar-refractivity contribution in [2.75, 3.05) is 0 Å². The predicted molar refractivity (Wildman–Crippen MR) is 110 cm³/mol. The van der Waals surface area contributed by atoms with Crippen LogP contribution >= 0.6 is 0 Å². The molecule has 2 nitrogen and oxygen atoms in total. The van der Waals surface area contributed by atoms with Gasteiger partial charge in [-0.15, -0.1) is 0 Å². The molecule has 0 spiro atoms. The highest BCUT2D eigenvalue weighted by molar-refractivity contribution is 5.66. The first-order valence-corrected chi connectivity index (χ1v) is 10.1. The maximum Gasteiger partial charge on any atom is 0.303 e. The van der Waals surface area contributed by atoms with E-state index in [4.69, 9.17) is 5.11 Å². The summed E-state index contributed by atoms with van der Waals surface area (Å²) in [4.78, 5) is 10.4. The zero-order valence-electron chi connectivity index (χ0n) is 16.2. The Morgan fingerprint density at radius 2 is 1.08 bits per heavy atom. The van der Waals surface area contributed by atoms with Gasteiger partial charge in [-0.25, -0.2) is 0 Å². The molecule has 0 unspecified atom stereocenters. The Kier molecular flexibility index (Phi) is 19.2. The number of hydrogen-bond acceptors (Lipinski definition) is 1. The highest BCUT2D eigenvalue weighted by atomic mass is 16.4. The molecule has 0 aromatic rings. The van der Waals surface area contributed by atoms with Gasteiger partial charge in [-0.3, -0.25) is 4.79 Å². The first kappa shape index (κ1) is 23.4. The zero-order valence-corrected chi connectivity index (χ0v) is 16.2. The van der Waals surface area contributed by atoms with Gasteiger partial charge in [0.25, 0.3) is 0 Å². The van der Waals surface area contributed by atoms with E-state index >= 15 is 0 Å². The van der Waals surface area contributed by atoms with Gasteiger partial charge in [0, 0.05) is 6.42 Å². The Morgan fingerprint density at radius 1 is 0.640 bits per heavy atom. The summed E-state index contributed by atoms with van der Waals surface area (Å²) in [6.45, 7) is 2.24. The Hall–Kier alpha value is -1.57. The number of allylic oxidation sites excluding steroid dienone is 8. The Morgan fingerprint density at radius 3 is 1.56 bits per heavy atom. The van der Waals surface area contributed by atoms with Crippen LogP contribution in [0.2, 0.25) is 0 Å². The van der Waals surface area contributed by atoms with Gasteiger partial charge in [0.1, 0.15) is 0 Å². The largest absolute Gasteiger partial charge is 0.481 e. The minimum atomic E-state index is -0.680. The number of rotatable bonds is 17. The molecule has 0 radical (unpaired) electrons. The van der Waals surface area contributed by atoms with E-state index in [-0.39, 0.29) is 0 Å². The highest BCUT2D eigenvalue weighted by Gasteiger charge is 1.95.